The van der Waals surface area contributed by atoms with Gasteiger partial charge in [-0.05, 0) is 48.5 Å². The van der Waals surface area contributed by atoms with Gasteiger partial charge in [-0.3, -0.25) is 0 Å². The van der Waals surface area contributed by atoms with Crippen molar-refractivity contribution in [3.8, 4) is 0 Å². The van der Waals surface area contributed by atoms with Crippen LogP contribution in [-0.4, -0.2) is 9.97 Å². The molecule has 0 saturated heterocycles. The summed E-state index contributed by atoms with van der Waals surface area (Å²) in [5.74, 6) is 1.24. The summed E-state index contributed by atoms with van der Waals surface area (Å²) in [5.41, 5.74) is 1.66. The van der Waals surface area contributed by atoms with Crippen LogP contribution in [-0.2, 0) is 68.8 Å². The van der Waals surface area contributed by atoms with Gasteiger partial charge in [-0.2, -0.15) is 0 Å². The van der Waals surface area contributed by atoms with Crippen molar-refractivity contribution in [2.24, 2.45) is 20.5 Å². The zero-order valence-corrected chi connectivity index (χ0v) is 26.7. The molecule has 12 nitrogen and oxygen atoms in total. The molecule has 0 amide bonds. The van der Waals surface area contributed by atoms with E-state index in [1.165, 1.54) is 0 Å². The van der Waals surface area contributed by atoms with Gasteiger partial charge in [0.1, 0.15) is 0 Å². The summed E-state index contributed by atoms with van der Waals surface area (Å²) in [6, 6.07) is 30.2. The Morgan fingerprint density at radius 1 is 0.357 bits per heavy atom. The first-order chi connectivity index (χ1) is 19.9. The predicted molar refractivity (Wildman–Crippen MR) is 133 cm³/mol. The minimum absolute atomic E-state index is 0. The number of benzene rings is 2. The van der Waals surface area contributed by atoms with Gasteiger partial charge >= 0.3 is 67.8 Å². The van der Waals surface area contributed by atoms with Crippen molar-refractivity contribution in [1.29, 1.82) is 0 Å². The van der Waals surface area contributed by atoms with Gasteiger partial charge < -0.3 is 0 Å². The van der Waals surface area contributed by atoms with Crippen LogP contribution in [0.3, 0.4) is 0 Å². The van der Waals surface area contributed by atoms with Gasteiger partial charge in [-0.25, -0.2) is 9.97 Å². The molecule has 4 rings (SSSR count). The first-order valence-electron chi connectivity index (χ1n) is 9.88. The number of rotatable bonds is 4. The Kier molecular flexibility index (Phi) is 56.0. The normalized spacial score (nSPS) is 7.33. The fourth-order valence-corrected chi connectivity index (χ4v) is 2.03. The molecule has 210 valence electrons. The van der Waals surface area contributed by atoms with Gasteiger partial charge in [0.25, 0.3) is 0 Å². The SMILES string of the molecule is [C-]#[O+].[C-]#[O+].[C-]#[O+].[C-]#[O+].[C-]#[O+].[C-]#[O+].[Re].[Re].c1ccc(N=Nc2ccccn2)cc1.c1ccc(N=Nc2ccccn2)cc1. The van der Waals surface area contributed by atoms with Gasteiger partial charge in [0, 0.05) is 53.2 Å². The van der Waals surface area contributed by atoms with Crippen molar-refractivity contribution >= 4 is 23.0 Å². The van der Waals surface area contributed by atoms with E-state index in [9.17, 15) is 0 Å². The van der Waals surface area contributed by atoms with E-state index in [4.69, 9.17) is 27.9 Å². The first kappa shape index (κ1) is 50.5. The third-order valence-corrected chi connectivity index (χ3v) is 3.35. The second-order valence-corrected chi connectivity index (χ2v) is 5.45. The van der Waals surface area contributed by atoms with Crippen LogP contribution in [0.5, 0.6) is 0 Å². The topological polar surface area (TPSA) is 195 Å². The van der Waals surface area contributed by atoms with Crippen LogP contribution in [0.1, 0.15) is 0 Å². The number of azo groups is 2. The van der Waals surface area contributed by atoms with E-state index >= 15 is 0 Å². The molecular formula is C28H18N6O6Re2. The van der Waals surface area contributed by atoms with Crippen LogP contribution in [0.4, 0.5) is 23.0 Å². The van der Waals surface area contributed by atoms with Crippen molar-refractivity contribution in [2.45, 2.75) is 0 Å². The summed E-state index contributed by atoms with van der Waals surface area (Å²) in [6.45, 7) is 27.0. The maximum Gasteiger partial charge on any atom is 0.174 e. The Balaban J connectivity index is -0.000000110. The molecule has 0 unspecified atom stereocenters. The van der Waals surface area contributed by atoms with Crippen LogP contribution in [0.15, 0.2) is 130 Å². The van der Waals surface area contributed by atoms with E-state index in [0.717, 1.165) is 11.4 Å². The van der Waals surface area contributed by atoms with E-state index in [0.29, 0.717) is 11.6 Å². The number of aromatic nitrogens is 2. The first-order valence-corrected chi connectivity index (χ1v) is 9.88. The third-order valence-electron chi connectivity index (χ3n) is 3.35. The van der Waals surface area contributed by atoms with Crippen molar-refractivity contribution < 1.29 is 68.8 Å². The van der Waals surface area contributed by atoms with E-state index in [2.05, 4.69) is 70.3 Å². The molecule has 2 radical (unpaired) electrons. The summed E-state index contributed by atoms with van der Waals surface area (Å²) in [7, 11) is 0. The van der Waals surface area contributed by atoms with Gasteiger partial charge in [-0.1, -0.05) is 48.5 Å². The molecule has 0 saturated carbocycles. The molecular weight excluding hydrogens is 889 g/mol. The molecule has 0 N–H and O–H groups in total. The number of pyridine rings is 2. The molecule has 0 bridgehead atoms. The molecule has 0 atom stereocenters. The molecule has 0 aliphatic heterocycles. The molecule has 2 aromatic heterocycles. The second-order valence-electron chi connectivity index (χ2n) is 5.45. The standard InChI is InChI=1S/2C11H9N3.6CO.2Re/c2*1-2-6-10(7-3-1)13-14-11-8-4-5-9-12-11;6*1-2;;/h2*1-9H;;;;;;;;. The Morgan fingerprint density at radius 3 is 0.857 bits per heavy atom. The Morgan fingerprint density at radius 2 is 0.619 bits per heavy atom. The average Bonchev–Trinajstić information content (AvgIpc) is 3.10. The largest absolute Gasteiger partial charge is 0.236 e. The Bertz CT molecular complexity index is 1070. The van der Waals surface area contributed by atoms with Crippen LogP contribution in [0, 0.1) is 39.9 Å². The van der Waals surface area contributed by atoms with Crippen molar-refractivity contribution in [2.75, 3.05) is 0 Å². The Hall–Kier alpha value is -4.30. The average molecular weight is 907 g/mol. The van der Waals surface area contributed by atoms with E-state index in [1.807, 2.05) is 97.1 Å². The van der Waals surface area contributed by atoms with Crippen molar-refractivity contribution in [3.63, 3.8) is 0 Å². The summed E-state index contributed by atoms with van der Waals surface area (Å²) in [4.78, 5) is 8.07. The van der Waals surface area contributed by atoms with Crippen LogP contribution in [0.25, 0.3) is 0 Å². The molecule has 0 spiro atoms. The van der Waals surface area contributed by atoms with Gasteiger partial charge in [-0.15, -0.1) is 20.5 Å². The molecule has 0 fully saturated rings. The molecule has 14 heteroatoms. The maximum atomic E-state index is 7.50. The van der Waals surface area contributed by atoms with Crippen LogP contribution < -0.4 is 0 Å². The van der Waals surface area contributed by atoms with Gasteiger partial charge in [0.05, 0.1) is 11.4 Å². The fourth-order valence-electron chi connectivity index (χ4n) is 2.03. The Labute approximate surface area is 270 Å². The third kappa shape index (κ3) is 30.2. The van der Waals surface area contributed by atoms with Crippen molar-refractivity contribution in [1.82, 2.24) is 9.97 Å². The quantitative estimate of drug-likeness (QED) is 0.124. The predicted octanol–water partition coefficient (Wildman–Crippen LogP) is 6.76. The molecule has 0 aliphatic rings. The summed E-state index contributed by atoms with van der Waals surface area (Å²) >= 11 is 0. The number of hydrogen-bond acceptors (Lipinski definition) is 6. The van der Waals surface area contributed by atoms with Crippen LogP contribution >= 0.6 is 0 Å². The molecule has 4 aromatic rings. The number of nitrogens with zero attached hydrogens (tertiary/aromatic N) is 6. The zero-order chi connectivity index (χ0) is 31.3. The van der Waals surface area contributed by atoms with Gasteiger partial charge in [0.15, 0.2) is 11.6 Å². The molecule has 2 heterocycles. The zero-order valence-electron chi connectivity index (χ0n) is 21.3. The van der Waals surface area contributed by atoms with E-state index < -0.39 is 0 Å². The van der Waals surface area contributed by atoms with Gasteiger partial charge in [0.2, 0.25) is 0 Å². The van der Waals surface area contributed by atoms with Crippen molar-refractivity contribution in [3.05, 3.63) is 149 Å². The van der Waals surface area contributed by atoms with Crippen LogP contribution in [0.2, 0.25) is 0 Å². The fraction of sp³-hybridized carbons (Fsp3) is 0. The maximum absolute atomic E-state index is 7.50. The second kappa shape index (κ2) is 46.6. The summed E-state index contributed by atoms with van der Waals surface area (Å²) < 4.78 is 45.0. The monoisotopic (exact) mass is 908 g/mol. The smallest absolute Gasteiger partial charge is 0.174 e. The number of hydrogen-bond donors (Lipinski definition) is 0. The minimum atomic E-state index is 0. The minimum Gasteiger partial charge on any atom is -0.236 e. The summed E-state index contributed by atoms with van der Waals surface area (Å²) in [5, 5.41) is 16.1. The van der Waals surface area contributed by atoms with E-state index in [-0.39, 0.29) is 40.8 Å². The molecule has 0 aliphatic carbocycles. The molecule has 2 aromatic carbocycles. The van der Waals surface area contributed by atoms with E-state index in [1.54, 1.807) is 12.4 Å². The summed E-state index contributed by atoms with van der Waals surface area (Å²) in [6.07, 6.45) is 3.39. The molecule has 42 heavy (non-hydrogen) atoms.